The number of rotatable bonds is 4. The molecule has 0 bridgehead atoms. The molecule has 28 heavy (non-hydrogen) atoms. The molecule has 4 rings (SSSR count). The van der Waals surface area contributed by atoms with E-state index in [2.05, 4.69) is 11.9 Å². The Morgan fingerprint density at radius 1 is 1.25 bits per heavy atom. The van der Waals surface area contributed by atoms with Gasteiger partial charge < -0.3 is 14.0 Å². The van der Waals surface area contributed by atoms with Crippen LogP contribution < -0.4 is 0 Å². The van der Waals surface area contributed by atoms with Gasteiger partial charge in [-0.3, -0.25) is 9.69 Å². The summed E-state index contributed by atoms with van der Waals surface area (Å²) in [6.45, 7) is 3.82. The van der Waals surface area contributed by atoms with Crippen molar-refractivity contribution in [1.29, 1.82) is 0 Å². The number of hydrogen-bond acceptors (Lipinski definition) is 4. The third-order valence-electron chi connectivity index (χ3n) is 5.96. The molecule has 0 aromatic carbocycles. The first-order valence-electron chi connectivity index (χ1n) is 10.4. The van der Waals surface area contributed by atoms with Crippen LogP contribution in [0.3, 0.4) is 0 Å². The topological polar surface area (TPSA) is 50.1 Å². The summed E-state index contributed by atoms with van der Waals surface area (Å²) >= 11 is 6.25. The zero-order valence-corrected chi connectivity index (χ0v) is 17.3. The van der Waals surface area contributed by atoms with Gasteiger partial charge in [-0.1, -0.05) is 30.9 Å². The molecule has 1 atom stereocenters. The standard InChI is InChI=1S/C21H29ClN4O2/c1-24(17-9-12-28-15-17)14-18-20(23-19-8-7-16(22)13-26(18)19)21(27)25-10-5-3-2-4-6-11-25/h7-8,13,17H,2-6,9-12,14-15H2,1H3/t17-/m0/s1. The predicted molar refractivity (Wildman–Crippen MR) is 110 cm³/mol. The Kier molecular flexibility index (Phi) is 6.19. The fraction of sp³-hybridized carbons (Fsp3) is 0.619. The molecule has 0 unspecified atom stereocenters. The van der Waals surface area contributed by atoms with E-state index >= 15 is 0 Å². The van der Waals surface area contributed by atoms with E-state index in [1.54, 1.807) is 0 Å². The number of hydrogen-bond donors (Lipinski definition) is 0. The fourth-order valence-corrected chi connectivity index (χ4v) is 4.39. The van der Waals surface area contributed by atoms with Crippen LogP contribution in [-0.4, -0.2) is 64.5 Å². The lowest BCUT2D eigenvalue weighted by Gasteiger charge is -2.26. The van der Waals surface area contributed by atoms with Crippen molar-refractivity contribution < 1.29 is 9.53 Å². The van der Waals surface area contributed by atoms with Gasteiger partial charge in [0.25, 0.3) is 5.91 Å². The Balaban J connectivity index is 1.66. The summed E-state index contributed by atoms with van der Waals surface area (Å²) in [5, 5.41) is 0.642. The van der Waals surface area contributed by atoms with Crippen molar-refractivity contribution in [2.24, 2.45) is 0 Å². The molecule has 0 saturated carbocycles. The second kappa shape index (κ2) is 8.80. The van der Waals surface area contributed by atoms with Crippen LogP contribution in [0.1, 0.15) is 54.7 Å². The van der Waals surface area contributed by atoms with Crippen molar-refractivity contribution in [3.05, 3.63) is 34.7 Å². The predicted octanol–water partition coefficient (Wildman–Crippen LogP) is 3.61. The average molecular weight is 405 g/mol. The third kappa shape index (κ3) is 4.19. The number of aromatic nitrogens is 2. The molecule has 2 fully saturated rings. The van der Waals surface area contributed by atoms with Crippen molar-refractivity contribution in [2.45, 2.75) is 51.1 Å². The maximum Gasteiger partial charge on any atom is 0.274 e. The highest BCUT2D eigenvalue weighted by molar-refractivity contribution is 6.30. The third-order valence-corrected chi connectivity index (χ3v) is 6.18. The Labute approximate surface area is 171 Å². The van der Waals surface area contributed by atoms with E-state index in [1.807, 2.05) is 27.6 Å². The van der Waals surface area contributed by atoms with Crippen molar-refractivity contribution in [3.8, 4) is 0 Å². The second-order valence-electron chi connectivity index (χ2n) is 7.98. The highest BCUT2D eigenvalue weighted by atomic mass is 35.5. The molecule has 2 aliphatic heterocycles. The first-order chi connectivity index (χ1) is 13.6. The van der Waals surface area contributed by atoms with Crippen LogP contribution in [-0.2, 0) is 11.3 Å². The Morgan fingerprint density at radius 3 is 2.71 bits per heavy atom. The fourth-order valence-electron chi connectivity index (χ4n) is 4.23. The van der Waals surface area contributed by atoms with Gasteiger partial charge in [0.2, 0.25) is 0 Å². The SMILES string of the molecule is CN(Cc1c(C(=O)N2CCCCCCC2)nc2ccc(Cl)cn12)[C@H]1CCOC1. The summed E-state index contributed by atoms with van der Waals surface area (Å²) in [6.07, 6.45) is 8.68. The number of carbonyl (C=O) groups is 1. The Hall–Kier alpha value is -1.63. The molecule has 1 amide bonds. The minimum Gasteiger partial charge on any atom is -0.380 e. The van der Waals surface area contributed by atoms with E-state index in [-0.39, 0.29) is 5.91 Å². The Bertz CT molecular complexity index is 823. The highest BCUT2D eigenvalue weighted by Crippen LogP contribution is 2.23. The van der Waals surface area contributed by atoms with Crippen molar-refractivity contribution >= 4 is 23.2 Å². The Morgan fingerprint density at radius 2 is 2.00 bits per heavy atom. The molecule has 7 heteroatoms. The number of imidazole rings is 1. The zero-order chi connectivity index (χ0) is 19.5. The van der Waals surface area contributed by atoms with Crippen LogP contribution in [0.2, 0.25) is 5.02 Å². The monoisotopic (exact) mass is 404 g/mol. The molecule has 2 aromatic rings. The smallest absolute Gasteiger partial charge is 0.274 e. The van der Waals surface area contributed by atoms with E-state index in [1.165, 1.54) is 19.3 Å². The molecule has 6 nitrogen and oxygen atoms in total. The second-order valence-corrected chi connectivity index (χ2v) is 8.41. The molecule has 2 aliphatic rings. The molecule has 0 N–H and O–H groups in total. The number of carbonyl (C=O) groups excluding carboxylic acids is 1. The maximum absolute atomic E-state index is 13.4. The minimum absolute atomic E-state index is 0.0489. The summed E-state index contributed by atoms with van der Waals surface area (Å²) in [6, 6.07) is 4.08. The van der Waals surface area contributed by atoms with E-state index in [4.69, 9.17) is 21.3 Å². The van der Waals surface area contributed by atoms with E-state index in [9.17, 15) is 4.79 Å². The van der Waals surface area contributed by atoms with Gasteiger partial charge in [-0.2, -0.15) is 0 Å². The molecular formula is C21H29ClN4O2. The quantitative estimate of drug-likeness (QED) is 0.781. The lowest BCUT2D eigenvalue weighted by atomic mass is 10.1. The number of likely N-dealkylation sites (tertiary alicyclic amines) is 1. The zero-order valence-electron chi connectivity index (χ0n) is 16.6. The van der Waals surface area contributed by atoms with Crippen LogP contribution in [0.25, 0.3) is 5.65 Å². The molecular weight excluding hydrogens is 376 g/mol. The summed E-state index contributed by atoms with van der Waals surface area (Å²) in [5.74, 6) is 0.0489. The average Bonchev–Trinajstić information content (AvgIpc) is 3.30. The normalized spacial score (nSPS) is 21.2. The number of ether oxygens (including phenoxy) is 1. The van der Waals surface area contributed by atoms with Crippen LogP contribution in [0.15, 0.2) is 18.3 Å². The van der Waals surface area contributed by atoms with Crippen molar-refractivity contribution in [1.82, 2.24) is 19.2 Å². The van der Waals surface area contributed by atoms with Crippen LogP contribution >= 0.6 is 11.6 Å². The molecule has 152 valence electrons. The van der Waals surface area contributed by atoms with Gasteiger partial charge in [0.1, 0.15) is 5.65 Å². The number of halogens is 1. The number of nitrogens with zero attached hydrogens (tertiary/aromatic N) is 4. The number of fused-ring (bicyclic) bond motifs is 1. The first kappa shape index (κ1) is 19.7. The van der Waals surface area contributed by atoms with Gasteiger partial charge in [-0.25, -0.2) is 4.98 Å². The van der Waals surface area contributed by atoms with E-state index < -0.39 is 0 Å². The number of amides is 1. The van der Waals surface area contributed by atoms with Crippen LogP contribution in [0.4, 0.5) is 0 Å². The minimum atomic E-state index is 0.0489. The number of pyridine rings is 1. The van der Waals surface area contributed by atoms with Gasteiger partial charge >= 0.3 is 0 Å². The van der Waals surface area contributed by atoms with Gasteiger partial charge in [0.05, 0.1) is 17.3 Å². The van der Waals surface area contributed by atoms with Gasteiger partial charge in [-0.15, -0.1) is 0 Å². The van der Waals surface area contributed by atoms with Gasteiger partial charge in [0.15, 0.2) is 5.69 Å². The number of likely N-dealkylation sites (N-methyl/N-ethyl adjacent to an activating group) is 1. The molecule has 2 aromatic heterocycles. The molecule has 0 aliphatic carbocycles. The van der Waals surface area contributed by atoms with E-state index in [0.717, 1.165) is 56.9 Å². The molecule has 0 spiro atoms. The maximum atomic E-state index is 13.4. The van der Waals surface area contributed by atoms with Crippen LogP contribution in [0, 0.1) is 0 Å². The largest absolute Gasteiger partial charge is 0.380 e. The summed E-state index contributed by atoms with van der Waals surface area (Å²) < 4.78 is 7.52. The van der Waals surface area contributed by atoms with Crippen LogP contribution in [0.5, 0.6) is 0 Å². The van der Waals surface area contributed by atoms with Crippen molar-refractivity contribution in [2.75, 3.05) is 33.4 Å². The molecule has 4 heterocycles. The van der Waals surface area contributed by atoms with E-state index in [0.29, 0.717) is 23.3 Å². The summed E-state index contributed by atoms with van der Waals surface area (Å²) in [7, 11) is 2.09. The molecule has 2 saturated heterocycles. The first-order valence-corrected chi connectivity index (χ1v) is 10.7. The molecule has 0 radical (unpaired) electrons. The summed E-state index contributed by atoms with van der Waals surface area (Å²) in [5.41, 5.74) is 2.25. The highest BCUT2D eigenvalue weighted by Gasteiger charge is 2.27. The lowest BCUT2D eigenvalue weighted by molar-refractivity contribution is 0.0734. The van der Waals surface area contributed by atoms with Gasteiger partial charge in [0, 0.05) is 38.5 Å². The lowest BCUT2D eigenvalue weighted by Crippen LogP contribution is -2.36. The van der Waals surface area contributed by atoms with Gasteiger partial charge in [-0.05, 0) is 38.4 Å². The van der Waals surface area contributed by atoms with Crippen molar-refractivity contribution in [3.63, 3.8) is 0 Å². The summed E-state index contributed by atoms with van der Waals surface area (Å²) in [4.78, 5) is 22.4.